The van der Waals surface area contributed by atoms with Crippen molar-refractivity contribution in [3.8, 4) is 0 Å². The van der Waals surface area contributed by atoms with Gasteiger partial charge in [-0.2, -0.15) is 0 Å². The minimum Gasteiger partial charge on any atom is -0.340 e. The Balaban J connectivity index is 1.96. The summed E-state index contributed by atoms with van der Waals surface area (Å²) in [6.07, 6.45) is 8.66. The molecule has 0 radical (unpaired) electrons. The number of fused-ring (bicyclic) bond motifs is 1. The molecule has 0 saturated heterocycles. The summed E-state index contributed by atoms with van der Waals surface area (Å²) in [6, 6.07) is 1.95. The lowest BCUT2D eigenvalue weighted by atomic mass is 9.79. The number of aromatic nitrogens is 3. The van der Waals surface area contributed by atoms with E-state index >= 15 is 0 Å². The largest absolute Gasteiger partial charge is 0.340 e. The zero-order valence-electron chi connectivity index (χ0n) is 9.89. The molecule has 2 aromatic heterocycles. The zero-order valence-corrected chi connectivity index (χ0v) is 9.89. The third kappa shape index (κ3) is 1.93. The van der Waals surface area contributed by atoms with Crippen LogP contribution in [0.25, 0.3) is 11.0 Å². The Morgan fingerprint density at radius 3 is 3.06 bits per heavy atom. The molecule has 0 bridgehead atoms. The second kappa shape index (κ2) is 4.45. The molecule has 2 aromatic rings. The van der Waals surface area contributed by atoms with Crippen molar-refractivity contribution < 1.29 is 0 Å². The lowest BCUT2D eigenvalue weighted by molar-refractivity contribution is 0.306. The molecule has 17 heavy (non-hydrogen) atoms. The normalized spacial score (nSPS) is 25.2. The van der Waals surface area contributed by atoms with Gasteiger partial charge in [-0.25, -0.2) is 4.98 Å². The third-order valence-electron chi connectivity index (χ3n) is 3.86. The van der Waals surface area contributed by atoms with Gasteiger partial charge in [-0.05, 0) is 31.4 Å². The van der Waals surface area contributed by atoms with Crippen LogP contribution in [0.4, 0.5) is 0 Å². The smallest absolute Gasteiger partial charge is 0.110 e. The Morgan fingerprint density at radius 2 is 2.24 bits per heavy atom. The summed E-state index contributed by atoms with van der Waals surface area (Å²) in [6.45, 7) is 0.764. The van der Waals surface area contributed by atoms with Gasteiger partial charge in [0.1, 0.15) is 5.82 Å². The fourth-order valence-electron chi connectivity index (χ4n) is 2.90. The molecule has 2 unspecified atom stereocenters. The number of aromatic amines is 1. The number of imidazole rings is 1. The van der Waals surface area contributed by atoms with E-state index in [1.54, 1.807) is 6.20 Å². The average molecular weight is 230 g/mol. The van der Waals surface area contributed by atoms with E-state index in [0.29, 0.717) is 11.8 Å². The van der Waals surface area contributed by atoms with E-state index in [1.165, 1.54) is 25.7 Å². The molecule has 4 heteroatoms. The van der Waals surface area contributed by atoms with Gasteiger partial charge in [-0.1, -0.05) is 12.8 Å². The van der Waals surface area contributed by atoms with Gasteiger partial charge in [0.05, 0.1) is 17.2 Å². The second-order valence-electron chi connectivity index (χ2n) is 4.90. The first-order valence-electron chi connectivity index (χ1n) is 6.38. The van der Waals surface area contributed by atoms with Gasteiger partial charge in [-0.3, -0.25) is 4.98 Å². The Labute approximate surface area is 101 Å². The molecule has 4 nitrogen and oxygen atoms in total. The van der Waals surface area contributed by atoms with Gasteiger partial charge >= 0.3 is 0 Å². The predicted molar refractivity (Wildman–Crippen MR) is 67.6 cm³/mol. The van der Waals surface area contributed by atoms with E-state index in [9.17, 15) is 0 Å². The number of pyridine rings is 1. The average Bonchev–Trinajstić information content (AvgIpc) is 2.82. The maximum Gasteiger partial charge on any atom is 0.110 e. The maximum atomic E-state index is 5.87. The van der Waals surface area contributed by atoms with Crippen LogP contribution in [0.15, 0.2) is 18.5 Å². The van der Waals surface area contributed by atoms with Gasteiger partial charge in [0.2, 0.25) is 0 Å². The maximum absolute atomic E-state index is 5.87. The fourth-order valence-corrected chi connectivity index (χ4v) is 2.90. The number of nitrogens with zero attached hydrogens (tertiary/aromatic N) is 2. The van der Waals surface area contributed by atoms with E-state index in [2.05, 4.69) is 15.0 Å². The van der Waals surface area contributed by atoms with Crippen LogP contribution in [0, 0.1) is 5.92 Å². The lowest BCUT2D eigenvalue weighted by Gasteiger charge is -2.28. The third-order valence-corrected chi connectivity index (χ3v) is 3.86. The monoisotopic (exact) mass is 230 g/mol. The van der Waals surface area contributed by atoms with Gasteiger partial charge < -0.3 is 10.7 Å². The molecular formula is C13H18N4. The first-order chi connectivity index (χ1) is 8.38. The molecule has 0 spiro atoms. The van der Waals surface area contributed by atoms with Crippen molar-refractivity contribution >= 4 is 11.0 Å². The molecule has 1 fully saturated rings. The molecule has 2 heterocycles. The van der Waals surface area contributed by atoms with Gasteiger partial charge in [0.15, 0.2) is 0 Å². The number of hydrogen-bond acceptors (Lipinski definition) is 3. The van der Waals surface area contributed by atoms with Crippen molar-refractivity contribution in [1.29, 1.82) is 0 Å². The van der Waals surface area contributed by atoms with Crippen molar-refractivity contribution in [3.63, 3.8) is 0 Å². The summed E-state index contributed by atoms with van der Waals surface area (Å²) in [5.74, 6) is 2.18. The SMILES string of the molecule is NCC1CCCCC1c1nc2ccncc2[nH]1. The molecule has 1 saturated carbocycles. The van der Waals surface area contributed by atoms with E-state index in [4.69, 9.17) is 5.73 Å². The molecule has 0 aromatic carbocycles. The minimum absolute atomic E-state index is 0.501. The summed E-state index contributed by atoms with van der Waals surface area (Å²) in [7, 11) is 0. The van der Waals surface area contributed by atoms with Crippen LogP contribution in [0.1, 0.15) is 37.4 Å². The Hall–Kier alpha value is -1.42. The second-order valence-corrected chi connectivity index (χ2v) is 4.90. The number of rotatable bonds is 2. The van der Waals surface area contributed by atoms with Crippen LogP contribution in [0.2, 0.25) is 0 Å². The summed E-state index contributed by atoms with van der Waals surface area (Å²) < 4.78 is 0. The summed E-state index contributed by atoms with van der Waals surface area (Å²) in [5, 5.41) is 0. The van der Waals surface area contributed by atoms with Crippen LogP contribution in [0.5, 0.6) is 0 Å². The van der Waals surface area contributed by atoms with Crippen LogP contribution in [-0.4, -0.2) is 21.5 Å². The molecular weight excluding hydrogens is 212 g/mol. The van der Waals surface area contributed by atoms with Crippen molar-refractivity contribution in [2.45, 2.75) is 31.6 Å². The number of H-pyrrole nitrogens is 1. The van der Waals surface area contributed by atoms with E-state index in [1.807, 2.05) is 12.3 Å². The van der Waals surface area contributed by atoms with E-state index in [-0.39, 0.29) is 0 Å². The van der Waals surface area contributed by atoms with Crippen LogP contribution >= 0.6 is 0 Å². The number of nitrogens with one attached hydrogen (secondary N) is 1. The van der Waals surface area contributed by atoms with Crippen molar-refractivity contribution in [1.82, 2.24) is 15.0 Å². The van der Waals surface area contributed by atoms with E-state index in [0.717, 1.165) is 23.4 Å². The van der Waals surface area contributed by atoms with E-state index < -0.39 is 0 Å². The standard InChI is InChI=1S/C13H18N4/c14-7-9-3-1-2-4-10(9)13-16-11-5-6-15-8-12(11)17-13/h5-6,8-10H,1-4,7,14H2,(H,16,17). The molecule has 0 aliphatic heterocycles. The quantitative estimate of drug-likeness (QED) is 0.831. The van der Waals surface area contributed by atoms with Crippen LogP contribution in [-0.2, 0) is 0 Å². The molecule has 3 N–H and O–H groups in total. The highest BCUT2D eigenvalue weighted by Crippen LogP contribution is 2.36. The number of nitrogens with two attached hydrogens (primary N) is 1. The molecule has 3 rings (SSSR count). The highest BCUT2D eigenvalue weighted by Gasteiger charge is 2.27. The van der Waals surface area contributed by atoms with Crippen molar-refractivity contribution in [2.24, 2.45) is 11.7 Å². The predicted octanol–water partition coefficient (Wildman–Crippen LogP) is 2.19. The summed E-state index contributed by atoms with van der Waals surface area (Å²) in [5.41, 5.74) is 7.91. The first-order valence-corrected chi connectivity index (χ1v) is 6.38. The topological polar surface area (TPSA) is 67.6 Å². The van der Waals surface area contributed by atoms with Crippen molar-refractivity contribution in [2.75, 3.05) is 6.54 Å². The highest BCUT2D eigenvalue weighted by atomic mass is 14.9. The lowest BCUT2D eigenvalue weighted by Crippen LogP contribution is -2.25. The minimum atomic E-state index is 0.501. The summed E-state index contributed by atoms with van der Waals surface area (Å²) in [4.78, 5) is 12.2. The molecule has 0 amide bonds. The molecule has 2 atom stereocenters. The zero-order chi connectivity index (χ0) is 11.7. The van der Waals surface area contributed by atoms with Gasteiger partial charge in [0.25, 0.3) is 0 Å². The highest BCUT2D eigenvalue weighted by molar-refractivity contribution is 5.73. The Morgan fingerprint density at radius 1 is 1.35 bits per heavy atom. The van der Waals surface area contributed by atoms with Crippen LogP contribution in [0.3, 0.4) is 0 Å². The fraction of sp³-hybridized carbons (Fsp3) is 0.538. The molecule has 1 aliphatic rings. The Bertz CT molecular complexity index is 472. The van der Waals surface area contributed by atoms with Gasteiger partial charge in [-0.15, -0.1) is 0 Å². The molecule has 90 valence electrons. The Kier molecular flexibility index (Phi) is 2.81. The van der Waals surface area contributed by atoms with Crippen LogP contribution < -0.4 is 5.73 Å². The molecule has 1 aliphatic carbocycles. The summed E-state index contributed by atoms with van der Waals surface area (Å²) >= 11 is 0. The first kappa shape index (κ1) is 10.7. The van der Waals surface area contributed by atoms with Crippen molar-refractivity contribution in [3.05, 3.63) is 24.3 Å². The van der Waals surface area contributed by atoms with Gasteiger partial charge in [0, 0.05) is 12.1 Å². The number of hydrogen-bond donors (Lipinski definition) is 2.